The fourth-order valence-electron chi connectivity index (χ4n) is 2.82. The summed E-state index contributed by atoms with van der Waals surface area (Å²) < 4.78 is 5.62. The lowest BCUT2D eigenvalue weighted by Gasteiger charge is -2.11. The van der Waals surface area contributed by atoms with Gasteiger partial charge in [-0.15, -0.1) is 11.3 Å². The molecular formula is C18H23NOS. The molecule has 1 unspecified atom stereocenters. The number of aryl methyl sites for hydroxylation is 2. The van der Waals surface area contributed by atoms with Crippen molar-refractivity contribution in [1.29, 1.82) is 0 Å². The van der Waals surface area contributed by atoms with Crippen LogP contribution in [0.5, 0.6) is 5.75 Å². The Labute approximate surface area is 130 Å². The molecule has 2 aromatic rings. The second-order valence-electron chi connectivity index (χ2n) is 5.70. The van der Waals surface area contributed by atoms with Crippen molar-refractivity contribution >= 4 is 11.3 Å². The number of rotatable bonds is 5. The van der Waals surface area contributed by atoms with Crippen molar-refractivity contribution in [3.8, 4) is 5.75 Å². The Morgan fingerprint density at radius 1 is 1.19 bits per heavy atom. The molecule has 0 spiro atoms. The molecule has 112 valence electrons. The Kier molecular flexibility index (Phi) is 4.61. The SMILES string of the molecule is CCCOc1ccc(C(N)c2cc3c(s2)CCCC3)cc1. The van der Waals surface area contributed by atoms with Gasteiger partial charge < -0.3 is 10.5 Å². The van der Waals surface area contributed by atoms with Crippen LogP contribution in [0.4, 0.5) is 0 Å². The van der Waals surface area contributed by atoms with Gasteiger partial charge in [-0.25, -0.2) is 0 Å². The van der Waals surface area contributed by atoms with Gasteiger partial charge in [0, 0.05) is 9.75 Å². The number of ether oxygens (including phenoxy) is 1. The average molecular weight is 301 g/mol. The van der Waals surface area contributed by atoms with Gasteiger partial charge in [0.05, 0.1) is 12.6 Å². The molecule has 3 rings (SSSR count). The third-order valence-corrected chi connectivity index (χ3v) is 5.35. The zero-order valence-electron chi connectivity index (χ0n) is 12.6. The first-order chi connectivity index (χ1) is 10.3. The molecule has 0 fully saturated rings. The quantitative estimate of drug-likeness (QED) is 0.884. The molecular weight excluding hydrogens is 278 g/mol. The van der Waals surface area contributed by atoms with Crippen LogP contribution < -0.4 is 10.5 Å². The summed E-state index contributed by atoms with van der Waals surface area (Å²) in [5.41, 5.74) is 9.14. The number of hydrogen-bond acceptors (Lipinski definition) is 3. The molecule has 0 radical (unpaired) electrons. The van der Waals surface area contributed by atoms with Crippen molar-refractivity contribution in [3.63, 3.8) is 0 Å². The minimum atomic E-state index is -0.0131. The minimum Gasteiger partial charge on any atom is -0.494 e. The first-order valence-corrected chi connectivity index (χ1v) is 8.69. The van der Waals surface area contributed by atoms with E-state index in [-0.39, 0.29) is 6.04 Å². The predicted molar refractivity (Wildman–Crippen MR) is 89.2 cm³/mol. The van der Waals surface area contributed by atoms with E-state index in [0.29, 0.717) is 0 Å². The highest BCUT2D eigenvalue weighted by Gasteiger charge is 2.17. The van der Waals surface area contributed by atoms with Crippen molar-refractivity contribution < 1.29 is 4.74 Å². The summed E-state index contributed by atoms with van der Waals surface area (Å²) in [6.45, 7) is 2.88. The molecule has 0 saturated carbocycles. The first kappa shape index (κ1) is 14.6. The zero-order chi connectivity index (χ0) is 14.7. The van der Waals surface area contributed by atoms with Gasteiger partial charge >= 0.3 is 0 Å². The molecule has 0 aliphatic heterocycles. The normalized spacial score (nSPS) is 15.5. The Balaban J connectivity index is 1.75. The van der Waals surface area contributed by atoms with E-state index in [1.165, 1.54) is 36.1 Å². The van der Waals surface area contributed by atoms with Gasteiger partial charge in [-0.1, -0.05) is 19.1 Å². The molecule has 2 nitrogen and oxygen atoms in total. The maximum absolute atomic E-state index is 6.45. The van der Waals surface area contributed by atoms with Gasteiger partial charge in [0.1, 0.15) is 5.75 Å². The number of fused-ring (bicyclic) bond motifs is 1. The Hall–Kier alpha value is -1.32. The maximum Gasteiger partial charge on any atom is 0.119 e. The van der Waals surface area contributed by atoms with Crippen LogP contribution in [-0.4, -0.2) is 6.61 Å². The Bertz CT molecular complexity index is 564. The largest absolute Gasteiger partial charge is 0.494 e. The fraction of sp³-hybridized carbons (Fsp3) is 0.444. The van der Waals surface area contributed by atoms with Crippen LogP contribution in [0.25, 0.3) is 0 Å². The van der Waals surface area contributed by atoms with Crippen molar-refractivity contribution in [1.82, 2.24) is 0 Å². The number of nitrogens with two attached hydrogens (primary N) is 1. The molecule has 1 atom stereocenters. The molecule has 0 amide bonds. The summed E-state index contributed by atoms with van der Waals surface area (Å²) in [6.07, 6.45) is 6.13. The maximum atomic E-state index is 6.45. The van der Waals surface area contributed by atoms with E-state index in [9.17, 15) is 0 Å². The van der Waals surface area contributed by atoms with Gasteiger partial charge in [-0.3, -0.25) is 0 Å². The molecule has 21 heavy (non-hydrogen) atoms. The lowest BCUT2D eigenvalue weighted by Crippen LogP contribution is -2.10. The minimum absolute atomic E-state index is 0.0131. The summed E-state index contributed by atoms with van der Waals surface area (Å²) in [6, 6.07) is 10.5. The fourth-order valence-corrected chi connectivity index (χ4v) is 4.11. The highest BCUT2D eigenvalue weighted by atomic mass is 32.1. The number of benzene rings is 1. The van der Waals surface area contributed by atoms with Crippen molar-refractivity contribution in [2.24, 2.45) is 5.73 Å². The van der Waals surface area contributed by atoms with Crippen LogP contribution in [0, 0.1) is 0 Å². The molecule has 3 heteroatoms. The lowest BCUT2D eigenvalue weighted by molar-refractivity contribution is 0.317. The molecule has 0 saturated heterocycles. The number of thiophene rings is 1. The molecule has 2 N–H and O–H groups in total. The smallest absolute Gasteiger partial charge is 0.119 e. The van der Waals surface area contributed by atoms with Crippen LogP contribution in [0.3, 0.4) is 0 Å². The number of hydrogen-bond donors (Lipinski definition) is 1. The van der Waals surface area contributed by atoms with Gasteiger partial charge in [0.2, 0.25) is 0 Å². The Morgan fingerprint density at radius 3 is 2.67 bits per heavy atom. The second kappa shape index (κ2) is 6.63. The van der Waals surface area contributed by atoms with Crippen molar-refractivity contribution in [2.45, 2.75) is 45.1 Å². The standard InChI is InChI=1S/C18H23NOS/c1-2-11-20-15-9-7-13(8-10-15)18(19)17-12-14-5-3-4-6-16(14)21-17/h7-10,12,18H,2-6,11,19H2,1H3. The van der Waals surface area contributed by atoms with E-state index in [4.69, 9.17) is 10.5 Å². The zero-order valence-corrected chi connectivity index (χ0v) is 13.4. The summed E-state index contributed by atoms with van der Waals surface area (Å²) in [4.78, 5) is 2.85. The van der Waals surface area contributed by atoms with Gasteiger partial charge in [0.25, 0.3) is 0 Å². The van der Waals surface area contributed by atoms with Crippen molar-refractivity contribution in [3.05, 3.63) is 51.2 Å². The van der Waals surface area contributed by atoms with Crippen LogP contribution >= 0.6 is 11.3 Å². The highest BCUT2D eigenvalue weighted by molar-refractivity contribution is 7.12. The third kappa shape index (κ3) is 3.30. The van der Waals surface area contributed by atoms with Gasteiger partial charge in [0.15, 0.2) is 0 Å². The topological polar surface area (TPSA) is 35.2 Å². The monoisotopic (exact) mass is 301 g/mol. The van der Waals surface area contributed by atoms with E-state index in [0.717, 1.165) is 24.3 Å². The molecule has 1 aliphatic carbocycles. The average Bonchev–Trinajstić information content (AvgIpc) is 2.96. The van der Waals surface area contributed by atoms with Crippen LogP contribution in [0.2, 0.25) is 0 Å². The molecule has 1 heterocycles. The molecule has 1 aromatic heterocycles. The molecule has 0 bridgehead atoms. The van der Waals surface area contributed by atoms with E-state index in [1.54, 1.807) is 4.88 Å². The second-order valence-corrected chi connectivity index (χ2v) is 6.87. The first-order valence-electron chi connectivity index (χ1n) is 7.87. The Morgan fingerprint density at radius 2 is 1.95 bits per heavy atom. The van der Waals surface area contributed by atoms with E-state index in [1.807, 2.05) is 23.5 Å². The summed E-state index contributed by atoms with van der Waals surface area (Å²) in [5.74, 6) is 0.929. The van der Waals surface area contributed by atoms with Crippen molar-refractivity contribution in [2.75, 3.05) is 6.61 Å². The predicted octanol–water partition coefficient (Wildman–Crippen LogP) is 4.46. The summed E-state index contributed by atoms with van der Waals surface area (Å²) >= 11 is 1.90. The van der Waals surface area contributed by atoms with E-state index in [2.05, 4.69) is 25.1 Å². The lowest BCUT2D eigenvalue weighted by atomic mass is 9.98. The molecule has 1 aliphatic rings. The van der Waals surface area contributed by atoms with E-state index >= 15 is 0 Å². The van der Waals surface area contributed by atoms with Crippen LogP contribution in [0.15, 0.2) is 30.3 Å². The molecule has 1 aromatic carbocycles. The van der Waals surface area contributed by atoms with E-state index < -0.39 is 0 Å². The summed E-state index contributed by atoms with van der Waals surface area (Å²) in [7, 11) is 0. The van der Waals surface area contributed by atoms with Gasteiger partial charge in [-0.2, -0.15) is 0 Å². The van der Waals surface area contributed by atoms with Crippen LogP contribution in [0.1, 0.15) is 53.1 Å². The van der Waals surface area contributed by atoms with Crippen LogP contribution in [-0.2, 0) is 12.8 Å². The van der Waals surface area contributed by atoms with Gasteiger partial charge in [-0.05, 0) is 61.4 Å². The highest BCUT2D eigenvalue weighted by Crippen LogP contribution is 2.34. The summed E-state index contributed by atoms with van der Waals surface area (Å²) in [5, 5.41) is 0. The third-order valence-electron chi connectivity index (χ3n) is 4.03.